The van der Waals surface area contributed by atoms with Crippen LogP contribution in [0, 0.1) is 0 Å². The number of carbonyl (C=O) groups is 2. The van der Waals surface area contributed by atoms with Gasteiger partial charge in [-0.15, -0.1) is 0 Å². The number of nitrogens with zero attached hydrogens (tertiary/aromatic N) is 1. The zero-order valence-electron chi connectivity index (χ0n) is 8.68. The van der Waals surface area contributed by atoms with Crippen molar-refractivity contribution < 1.29 is 24.5 Å². The van der Waals surface area contributed by atoms with E-state index in [0.29, 0.717) is 26.3 Å². The number of carbonyl (C=O) groups excluding carboxylic acids is 1. The first kappa shape index (κ1) is 12.7. The van der Waals surface area contributed by atoms with E-state index in [-0.39, 0.29) is 0 Å². The molecule has 1 aliphatic heterocycles. The molecule has 0 saturated carbocycles. The second kappa shape index (κ2) is 6.26. The molecular weight excluding hydrogens is 218 g/mol. The van der Waals surface area contributed by atoms with Gasteiger partial charge >= 0.3 is 12.0 Å². The van der Waals surface area contributed by atoms with E-state index >= 15 is 0 Å². The van der Waals surface area contributed by atoms with Crippen molar-refractivity contribution in [1.82, 2.24) is 15.8 Å². The minimum absolute atomic E-state index is 0.517. The van der Waals surface area contributed by atoms with Gasteiger partial charge in [-0.05, 0) is 0 Å². The molecule has 16 heavy (non-hydrogen) atoms. The van der Waals surface area contributed by atoms with Crippen LogP contribution in [0.4, 0.5) is 4.79 Å². The van der Waals surface area contributed by atoms with Crippen molar-refractivity contribution in [2.75, 3.05) is 32.9 Å². The third-order valence-electron chi connectivity index (χ3n) is 2.06. The van der Waals surface area contributed by atoms with E-state index in [1.807, 2.05) is 0 Å². The van der Waals surface area contributed by atoms with Gasteiger partial charge in [-0.1, -0.05) is 0 Å². The van der Waals surface area contributed by atoms with E-state index < -0.39 is 24.6 Å². The van der Waals surface area contributed by atoms with Gasteiger partial charge < -0.3 is 20.3 Å². The van der Waals surface area contributed by atoms with Crippen LogP contribution in [-0.4, -0.2) is 66.2 Å². The summed E-state index contributed by atoms with van der Waals surface area (Å²) in [6.45, 7) is 1.48. The number of amides is 2. The number of aliphatic hydroxyl groups excluding tert-OH is 1. The van der Waals surface area contributed by atoms with Crippen molar-refractivity contribution in [2.45, 2.75) is 6.04 Å². The largest absolute Gasteiger partial charge is 0.480 e. The van der Waals surface area contributed by atoms with Crippen LogP contribution < -0.4 is 10.7 Å². The smallest absolute Gasteiger partial charge is 0.330 e. The van der Waals surface area contributed by atoms with Crippen LogP contribution >= 0.6 is 0 Å². The predicted octanol–water partition coefficient (Wildman–Crippen LogP) is -2.02. The molecule has 0 aromatic heterocycles. The molecule has 8 nitrogen and oxygen atoms in total. The number of urea groups is 1. The van der Waals surface area contributed by atoms with Gasteiger partial charge in [0, 0.05) is 13.1 Å². The van der Waals surface area contributed by atoms with Crippen LogP contribution in [-0.2, 0) is 9.53 Å². The van der Waals surface area contributed by atoms with Gasteiger partial charge in [0.15, 0.2) is 6.04 Å². The molecule has 1 heterocycles. The minimum atomic E-state index is -1.29. The maximum Gasteiger partial charge on any atom is 0.330 e. The lowest BCUT2D eigenvalue weighted by Crippen LogP contribution is -2.55. The Morgan fingerprint density at radius 2 is 2.00 bits per heavy atom. The molecule has 0 unspecified atom stereocenters. The lowest BCUT2D eigenvalue weighted by Gasteiger charge is -2.27. The number of carboxylic acid groups (broad SMARTS) is 1. The van der Waals surface area contributed by atoms with E-state index in [2.05, 4.69) is 10.7 Å². The van der Waals surface area contributed by atoms with E-state index in [1.54, 1.807) is 5.01 Å². The Bertz CT molecular complexity index is 254. The number of morpholine rings is 1. The van der Waals surface area contributed by atoms with Gasteiger partial charge in [0.05, 0.1) is 19.8 Å². The molecule has 1 saturated heterocycles. The molecule has 1 fully saturated rings. The monoisotopic (exact) mass is 233 g/mol. The summed E-state index contributed by atoms with van der Waals surface area (Å²) in [4.78, 5) is 21.8. The first-order valence-electron chi connectivity index (χ1n) is 4.87. The van der Waals surface area contributed by atoms with Gasteiger partial charge in [0.2, 0.25) is 0 Å². The number of rotatable bonds is 4. The Morgan fingerprint density at radius 3 is 2.50 bits per heavy atom. The molecule has 8 heteroatoms. The lowest BCUT2D eigenvalue weighted by molar-refractivity contribution is -0.140. The van der Waals surface area contributed by atoms with Gasteiger partial charge in [-0.3, -0.25) is 5.43 Å². The number of hydrogen-bond donors (Lipinski definition) is 4. The molecular formula is C8H15N3O5. The predicted molar refractivity (Wildman–Crippen MR) is 52.6 cm³/mol. The molecule has 0 spiro atoms. The summed E-state index contributed by atoms with van der Waals surface area (Å²) < 4.78 is 5.07. The second-order valence-electron chi connectivity index (χ2n) is 3.26. The molecule has 0 aromatic carbocycles. The Labute approximate surface area is 92.1 Å². The Morgan fingerprint density at radius 1 is 1.38 bits per heavy atom. The van der Waals surface area contributed by atoms with E-state index in [0.717, 1.165) is 0 Å². The highest BCUT2D eigenvalue weighted by molar-refractivity contribution is 5.82. The molecule has 1 rings (SSSR count). The SMILES string of the molecule is O=C(N[C@H](CO)C(=O)O)NN1CCOCC1. The molecule has 1 aliphatic rings. The van der Waals surface area contributed by atoms with E-state index in [4.69, 9.17) is 14.9 Å². The zero-order valence-corrected chi connectivity index (χ0v) is 8.68. The van der Waals surface area contributed by atoms with Crippen molar-refractivity contribution >= 4 is 12.0 Å². The number of nitrogens with one attached hydrogen (secondary N) is 2. The van der Waals surface area contributed by atoms with Crippen molar-refractivity contribution in [2.24, 2.45) is 0 Å². The average molecular weight is 233 g/mol. The van der Waals surface area contributed by atoms with Crippen molar-refractivity contribution in [1.29, 1.82) is 0 Å². The average Bonchev–Trinajstić information content (AvgIpc) is 2.27. The van der Waals surface area contributed by atoms with Crippen molar-refractivity contribution in [3.05, 3.63) is 0 Å². The summed E-state index contributed by atoms with van der Waals surface area (Å²) in [5.41, 5.74) is 2.47. The normalized spacial score (nSPS) is 18.8. The topological polar surface area (TPSA) is 111 Å². The van der Waals surface area contributed by atoms with Crippen LogP contribution in [0.1, 0.15) is 0 Å². The zero-order chi connectivity index (χ0) is 12.0. The van der Waals surface area contributed by atoms with Gasteiger partial charge in [-0.25, -0.2) is 14.6 Å². The molecule has 0 bridgehead atoms. The molecule has 0 aliphatic carbocycles. The first-order chi connectivity index (χ1) is 7.63. The van der Waals surface area contributed by atoms with Crippen LogP contribution in [0.25, 0.3) is 0 Å². The van der Waals surface area contributed by atoms with E-state index in [1.165, 1.54) is 0 Å². The van der Waals surface area contributed by atoms with Crippen molar-refractivity contribution in [3.8, 4) is 0 Å². The Balaban J connectivity index is 2.31. The summed E-state index contributed by atoms with van der Waals surface area (Å²) in [5.74, 6) is -1.28. The highest BCUT2D eigenvalue weighted by Crippen LogP contribution is 1.92. The fourth-order valence-electron chi connectivity index (χ4n) is 1.19. The number of hydrazine groups is 1. The highest BCUT2D eigenvalue weighted by atomic mass is 16.5. The maximum atomic E-state index is 11.3. The summed E-state index contributed by atoms with van der Waals surface area (Å²) in [7, 11) is 0. The quantitative estimate of drug-likeness (QED) is 0.446. The summed E-state index contributed by atoms with van der Waals surface area (Å²) in [5, 5.41) is 21.0. The van der Waals surface area contributed by atoms with Crippen LogP contribution in [0.3, 0.4) is 0 Å². The van der Waals surface area contributed by atoms with Crippen LogP contribution in [0.15, 0.2) is 0 Å². The highest BCUT2D eigenvalue weighted by Gasteiger charge is 2.20. The number of hydrogen-bond acceptors (Lipinski definition) is 5. The van der Waals surface area contributed by atoms with Crippen molar-refractivity contribution in [3.63, 3.8) is 0 Å². The first-order valence-corrected chi connectivity index (χ1v) is 4.87. The fraction of sp³-hybridized carbons (Fsp3) is 0.750. The fourth-order valence-corrected chi connectivity index (χ4v) is 1.19. The Kier molecular flexibility index (Phi) is 4.96. The molecule has 1 atom stereocenters. The standard InChI is InChI=1S/C8H15N3O5/c12-5-6(7(13)14)9-8(15)10-11-1-3-16-4-2-11/h6,12H,1-5H2,(H,13,14)(H2,9,10,15)/t6-/m1/s1. The molecule has 92 valence electrons. The molecule has 4 N–H and O–H groups in total. The minimum Gasteiger partial charge on any atom is -0.480 e. The van der Waals surface area contributed by atoms with Gasteiger partial charge in [0.1, 0.15) is 0 Å². The summed E-state index contributed by atoms with van der Waals surface area (Å²) in [6, 6.07) is -1.94. The number of aliphatic carboxylic acids is 1. The van der Waals surface area contributed by atoms with Crippen LogP contribution in [0.2, 0.25) is 0 Å². The molecule has 0 aromatic rings. The van der Waals surface area contributed by atoms with E-state index in [9.17, 15) is 9.59 Å². The third-order valence-corrected chi connectivity index (χ3v) is 2.06. The maximum absolute atomic E-state index is 11.3. The second-order valence-corrected chi connectivity index (χ2v) is 3.26. The van der Waals surface area contributed by atoms with Gasteiger partial charge in [0.25, 0.3) is 0 Å². The number of carboxylic acids is 1. The summed E-state index contributed by atoms with van der Waals surface area (Å²) in [6.07, 6.45) is 0. The summed E-state index contributed by atoms with van der Waals surface area (Å²) >= 11 is 0. The lowest BCUT2D eigenvalue weighted by atomic mass is 10.3. The number of ether oxygens (including phenoxy) is 1. The Hall–Kier alpha value is -1.38. The van der Waals surface area contributed by atoms with Crippen LogP contribution in [0.5, 0.6) is 0 Å². The molecule has 2 amide bonds. The number of aliphatic hydroxyl groups is 1. The van der Waals surface area contributed by atoms with Gasteiger partial charge in [-0.2, -0.15) is 0 Å². The molecule has 0 radical (unpaired) electrons. The third kappa shape index (κ3) is 4.01.